The maximum atomic E-state index is 5.22. The SMILES string of the molecule is COc1ccc(C=Cc2ccc(N(c3ccccc3)c3ccc4cc3-4)cc2)cc1. The molecule has 2 nitrogen and oxygen atoms in total. The summed E-state index contributed by atoms with van der Waals surface area (Å²) in [6, 6.07) is 33.9. The lowest BCUT2D eigenvalue weighted by atomic mass is 10.1. The molecule has 2 aliphatic rings. The first kappa shape index (κ1) is 17.3. The highest BCUT2D eigenvalue weighted by Crippen LogP contribution is 2.48. The Balaban J connectivity index is 1.41. The smallest absolute Gasteiger partial charge is 0.118 e. The maximum Gasteiger partial charge on any atom is 0.118 e. The van der Waals surface area contributed by atoms with E-state index in [9.17, 15) is 0 Å². The van der Waals surface area contributed by atoms with Crippen molar-refractivity contribution in [3.05, 3.63) is 108 Å². The quantitative estimate of drug-likeness (QED) is 0.288. The van der Waals surface area contributed by atoms with Gasteiger partial charge in [-0.3, -0.25) is 0 Å². The molecule has 29 heavy (non-hydrogen) atoms. The van der Waals surface area contributed by atoms with Crippen LogP contribution >= 0.6 is 0 Å². The van der Waals surface area contributed by atoms with Crippen LogP contribution in [0.1, 0.15) is 11.1 Å². The van der Waals surface area contributed by atoms with Crippen LogP contribution in [0.4, 0.5) is 17.1 Å². The monoisotopic (exact) mass is 375 g/mol. The van der Waals surface area contributed by atoms with Crippen LogP contribution in [0.5, 0.6) is 5.75 Å². The van der Waals surface area contributed by atoms with E-state index >= 15 is 0 Å². The highest BCUT2D eigenvalue weighted by molar-refractivity contribution is 5.98. The number of rotatable bonds is 6. The van der Waals surface area contributed by atoms with Crippen LogP contribution in [0.2, 0.25) is 0 Å². The Morgan fingerprint density at radius 1 is 0.655 bits per heavy atom. The van der Waals surface area contributed by atoms with Gasteiger partial charge in [-0.15, -0.1) is 0 Å². The van der Waals surface area contributed by atoms with E-state index in [1.807, 2.05) is 12.1 Å². The van der Waals surface area contributed by atoms with E-state index in [1.165, 1.54) is 28.1 Å². The Bertz CT molecular complexity index is 1160. The van der Waals surface area contributed by atoms with Crippen molar-refractivity contribution in [2.45, 2.75) is 0 Å². The van der Waals surface area contributed by atoms with Gasteiger partial charge in [-0.25, -0.2) is 0 Å². The van der Waals surface area contributed by atoms with Gasteiger partial charge in [0.25, 0.3) is 0 Å². The van der Waals surface area contributed by atoms with Gasteiger partial charge in [0.15, 0.2) is 0 Å². The molecule has 2 heteroatoms. The van der Waals surface area contributed by atoms with Gasteiger partial charge in [-0.05, 0) is 65.2 Å². The molecular formula is C27H21NO. The summed E-state index contributed by atoms with van der Waals surface area (Å²) in [7, 11) is 1.68. The van der Waals surface area contributed by atoms with E-state index in [1.54, 1.807) is 7.11 Å². The number of anilines is 3. The zero-order chi connectivity index (χ0) is 19.6. The number of ether oxygens (including phenoxy) is 1. The lowest BCUT2D eigenvalue weighted by Gasteiger charge is -2.24. The summed E-state index contributed by atoms with van der Waals surface area (Å²) in [4.78, 5) is 2.32. The number of benzene rings is 4. The highest BCUT2D eigenvalue weighted by Gasteiger charge is 2.23. The largest absolute Gasteiger partial charge is 0.497 e. The van der Waals surface area contributed by atoms with Crippen molar-refractivity contribution in [2.75, 3.05) is 12.0 Å². The third-order valence-corrected chi connectivity index (χ3v) is 5.21. The van der Waals surface area contributed by atoms with Gasteiger partial charge in [-0.1, -0.05) is 60.7 Å². The molecule has 2 aliphatic carbocycles. The molecule has 5 rings (SSSR count). The molecule has 3 aromatic rings. The van der Waals surface area contributed by atoms with Gasteiger partial charge in [-0.2, -0.15) is 0 Å². The summed E-state index contributed by atoms with van der Waals surface area (Å²) in [6.45, 7) is 0. The lowest BCUT2D eigenvalue weighted by Crippen LogP contribution is -2.08. The summed E-state index contributed by atoms with van der Waals surface area (Å²) in [5.74, 6) is 0.872. The van der Waals surface area contributed by atoms with Crippen LogP contribution in [-0.2, 0) is 0 Å². The summed E-state index contributed by atoms with van der Waals surface area (Å²) in [6.07, 6.45) is 4.25. The third kappa shape index (κ3) is 3.53. The first-order valence-corrected chi connectivity index (χ1v) is 9.74. The molecule has 3 aromatic carbocycles. The zero-order valence-electron chi connectivity index (χ0n) is 16.2. The predicted octanol–water partition coefficient (Wildman–Crippen LogP) is 7.32. The average Bonchev–Trinajstić information content (AvgIpc) is 3.46. The van der Waals surface area contributed by atoms with Gasteiger partial charge in [0.05, 0.1) is 12.8 Å². The Morgan fingerprint density at radius 2 is 1.28 bits per heavy atom. The lowest BCUT2D eigenvalue weighted by molar-refractivity contribution is 0.415. The van der Waals surface area contributed by atoms with E-state index in [0.717, 1.165) is 17.0 Å². The molecule has 0 saturated heterocycles. The molecule has 0 unspecified atom stereocenters. The van der Waals surface area contributed by atoms with E-state index < -0.39 is 0 Å². The molecule has 0 aromatic heterocycles. The van der Waals surface area contributed by atoms with Crippen molar-refractivity contribution in [3.63, 3.8) is 0 Å². The molecule has 0 fully saturated rings. The van der Waals surface area contributed by atoms with Crippen LogP contribution in [0, 0.1) is 0 Å². The predicted molar refractivity (Wildman–Crippen MR) is 122 cm³/mol. The summed E-state index contributed by atoms with van der Waals surface area (Å²) in [5, 5.41) is 0. The maximum absolute atomic E-state index is 5.22. The van der Waals surface area contributed by atoms with Gasteiger partial charge < -0.3 is 9.64 Å². The first-order chi connectivity index (χ1) is 14.3. The van der Waals surface area contributed by atoms with Crippen LogP contribution < -0.4 is 9.64 Å². The third-order valence-electron chi connectivity index (χ3n) is 5.21. The fraction of sp³-hybridized carbons (Fsp3) is 0.0370. The molecule has 0 N–H and O–H groups in total. The number of methoxy groups -OCH3 is 1. The van der Waals surface area contributed by atoms with Crippen molar-refractivity contribution in [1.82, 2.24) is 0 Å². The van der Waals surface area contributed by atoms with E-state index in [4.69, 9.17) is 4.74 Å². The summed E-state index contributed by atoms with van der Waals surface area (Å²) >= 11 is 0. The number of para-hydroxylation sites is 1. The van der Waals surface area contributed by atoms with Gasteiger partial charge in [0, 0.05) is 16.9 Å². The Labute approximate surface area is 171 Å². The van der Waals surface area contributed by atoms with Crippen molar-refractivity contribution in [3.8, 4) is 16.9 Å². The molecule has 0 bridgehead atoms. The number of fused-ring (bicyclic) bond motifs is 1. The van der Waals surface area contributed by atoms with E-state index in [0.29, 0.717) is 0 Å². The second kappa shape index (κ2) is 7.33. The topological polar surface area (TPSA) is 12.5 Å². The fourth-order valence-corrected chi connectivity index (χ4v) is 3.58. The normalized spacial score (nSPS) is 11.5. The fourth-order valence-electron chi connectivity index (χ4n) is 3.58. The van der Waals surface area contributed by atoms with Crippen molar-refractivity contribution < 1.29 is 4.74 Å². The van der Waals surface area contributed by atoms with Crippen LogP contribution in [0.25, 0.3) is 23.3 Å². The minimum atomic E-state index is 0.872. The Morgan fingerprint density at radius 3 is 1.83 bits per heavy atom. The van der Waals surface area contributed by atoms with Crippen LogP contribution in [0.3, 0.4) is 0 Å². The van der Waals surface area contributed by atoms with Crippen molar-refractivity contribution in [2.24, 2.45) is 0 Å². The second-order valence-electron chi connectivity index (χ2n) is 7.10. The molecule has 0 aliphatic heterocycles. The van der Waals surface area contributed by atoms with Gasteiger partial charge >= 0.3 is 0 Å². The zero-order valence-corrected chi connectivity index (χ0v) is 16.2. The van der Waals surface area contributed by atoms with E-state index in [2.05, 4.69) is 102 Å². The Kier molecular flexibility index (Phi) is 4.38. The molecule has 0 spiro atoms. The molecule has 0 amide bonds. The van der Waals surface area contributed by atoms with Crippen molar-refractivity contribution in [1.29, 1.82) is 0 Å². The van der Waals surface area contributed by atoms with Crippen molar-refractivity contribution >= 4 is 29.2 Å². The minimum absolute atomic E-state index is 0.872. The first-order valence-electron chi connectivity index (χ1n) is 9.74. The average molecular weight is 375 g/mol. The molecule has 0 saturated carbocycles. The summed E-state index contributed by atoms with van der Waals surface area (Å²) < 4.78 is 5.22. The molecule has 0 atom stereocenters. The van der Waals surface area contributed by atoms with Gasteiger partial charge in [0.2, 0.25) is 0 Å². The number of nitrogens with zero attached hydrogens (tertiary/aromatic N) is 1. The standard InChI is InChI=1S/C27H21NO/c1-29-25-16-11-21(12-17-25)8-7-20-9-14-24(15-10-20)28(23-5-3-2-4-6-23)27-18-13-22-19-26(22)27/h2-19H,1H3. The van der Waals surface area contributed by atoms with E-state index in [-0.39, 0.29) is 0 Å². The van der Waals surface area contributed by atoms with Crippen LogP contribution in [0.15, 0.2) is 97.1 Å². The molecule has 140 valence electrons. The number of hydrogen-bond acceptors (Lipinski definition) is 2. The van der Waals surface area contributed by atoms with Crippen LogP contribution in [-0.4, -0.2) is 7.11 Å². The number of hydrogen-bond donors (Lipinski definition) is 0. The highest BCUT2D eigenvalue weighted by atomic mass is 16.5. The molecule has 0 heterocycles. The summed E-state index contributed by atoms with van der Waals surface area (Å²) in [5.41, 5.74) is 8.58. The van der Waals surface area contributed by atoms with Gasteiger partial charge in [0.1, 0.15) is 5.75 Å². The Hall–Kier alpha value is -3.78. The second-order valence-corrected chi connectivity index (χ2v) is 7.10. The molecule has 0 radical (unpaired) electrons. The minimum Gasteiger partial charge on any atom is -0.497 e. The molecular weight excluding hydrogens is 354 g/mol.